The van der Waals surface area contributed by atoms with Crippen molar-refractivity contribution in [2.24, 2.45) is 50.2 Å². The number of carboxylic acids is 1. The van der Waals surface area contributed by atoms with Crippen LogP contribution in [0, 0.1) is 50.2 Å². The molecule has 0 radical (unpaired) electrons. The average molecular weight is 471 g/mol. The first kappa shape index (κ1) is 24.5. The maximum Gasteiger partial charge on any atom is 0.309 e. The smallest absolute Gasteiger partial charge is 0.309 e. The average Bonchev–Trinajstić information content (AvgIpc) is 2.73. The number of hydrogen-bond donors (Lipinski definition) is 2. The lowest BCUT2D eigenvalue weighted by Crippen LogP contribution is -2.66. The third-order valence-corrected chi connectivity index (χ3v) is 13.1. The number of carbonyl (C=O) groups is 2. The number of allylic oxidation sites excluding steroid dienone is 2. The van der Waals surface area contributed by atoms with Crippen LogP contribution in [0.5, 0.6) is 0 Å². The lowest BCUT2D eigenvalue weighted by Gasteiger charge is -2.70. The van der Waals surface area contributed by atoms with Gasteiger partial charge in [-0.05, 0) is 110 Å². The third kappa shape index (κ3) is 2.81. The summed E-state index contributed by atoms with van der Waals surface area (Å²) in [5.41, 5.74) is 0.142. The maximum absolute atomic E-state index is 14.2. The van der Waals surface area contributed by atoms with Gasteiger partial charge in [-0.3, -0.25) is 9.59 Å². The molecule has 4 nitrogen and oxygen atoms in total. The fraction of sp³-hybridized carbons (Fsp3) is 0.867. The highest BCUT2D eigenvalue weighted by molar-refractivity contribution is 5.95. The molecule has 1 unspecified atom stereocenters. The van der Waals surface area contributed by atoms with Crippen LogP contribution in [0.25, 0.3) is 0 Å². The lowest BCUT2D eigenvalue weighted by molar-refractivity contribution is -0.202. The van der Waals surface area contributed by atoms with Crippen LogP contribution in [0.2, 0.25) is 0 Å². The van der Waals surface area contributed by atoms with E-state index < -0.39 is 11.4 Å². The Morgan fingerprint density at radius 2 is 1.56 bits per heavy atom. The van der Waals surface area contributed by atoms with E-state index >= 15 is 0 Å². The van der Waals surface area contributed by atoms with Crippen LogP contribution < -0.4 is 0 Å². The summed E-state index contributed by atoms with van der Waals surface area (Å²) in [6.45, 7) is 15.8. The first-order valence-corrected chi connectivity index (χ1v) is 13.7. The lowest BCUT2D eigenvalue weighted by atomic mass is 9.33. The van der Waals surface area contributed by atoms with Crippen LogP contribution in [0.3, 0.4) is 0 Å². The molecular formula is C30H46O4. The zero-order chi connectivity index (χ0) is 25.1. The Labute approximate surface area is 206 Å². The number of hydrogen-bond acceptors (Lipinski definition) is 3. The number of carbonyl (C=O) groups excluding carboxylic acids is 1. The van der Waals surface area contributed by atoms with Crippen molar-refractivity contribution in [2.45, 2.75) is 112 Å². The number of fused-ring (bicyclic) bond motifs is 7. The summed E-state index contributed by atoms with van der Waals surface area (Å²) in [5.74, 6) is 0.0603. The van der Waals surface area contributed by atoms with Crippen LogP contribution in [0.1, 0.15) is 106 Å². The Kier molecular flexibility index (Phi) is 5.04. The topological polar surface area (TPSA) is 74.6 Å². The van der Waals surface area contributed by atoms with Gasteiger partial charge in [0.05, 0.1) is 11.5 Å². The van der Waals surface area contributed by atoms with E-state index in [1.54, 1.807) is 0 Å². The predicted molar refractivity (Wildman–Crippen MR) is 133 cm³/mol. The molecule has 0 saturated heterocycles. The van der Waals surface area contributed by atoms with Gasteiger partial charge in [0.15, 0.2) is 5.78 Å². The van der Waals surface area contributed by atoms with Crippen molar-refractivity contribution in [1.29, 1.82) is 0 Å². The van der Waals surface area contributed by atoms with Crippen molar-refractivity contribution in [2.75, 3.05) is 0 Å². The van der Waals surface area contributed by atoms with Gasteiger partial charge in [0, 0.05) is 5.92 Å². The second-order valence-corrected chi connectivity index (χ2v) is 14.9. The van der Waals surface area contributed by atoms with E-state index in [-0.39, 0.29) is 50.8 Å². The highest BCUT2D eigenvalue weighted by Crippen LogP contribution is 2.75. The summed E-state index contributed by atoms with van der Waals surface area (Å²) < 4.78 is 0. The van der Waals surface area contributed by atoms with Gasteiger partial charge >= 0.3 is 5.97 Å². The van der Waals surface area contributed by atoms with Gasteiger partial charge in [-0.1, -0.05) is 47.1 Å². The van der Waals surface area contributed by atoms with Gasteiger partial charge in [0.1, 0.15) is 0 Å². The summed E-state index contributed by atoms with van der Waals surface area (Å²) in [5, 5.41) is 20.9. The van der Waals surface area contributed by atoms with E-state index in [1.807, 2.05) is 13.0 Å². The zero-order valence-corrected chi connectivity index (χ0v) is 22.5. The summed E-state index contributed by atoms with van der Waals surface area (Å²) in [4.78, 5) is 26.4. The van der Waals surface area contributed by atoms with E-state index in [2.05, 4.69) is 41.5 Å². The highest BCUT2D eigenvalue weighted by Gasteiger charge is 2.70. The molecule has 0 aromatic carbocycles. The minimum Gasteiger partial charge on any atom is -0.481 e. The van der Waals surface area contributed by atoms with Crippen molar-refractivity contribution < 1.29 is 19.8 Å². The normalized spacial score (nSPS) is 54.1. The highest BCUT2D eigenvalue weighted by atomic mass is 16.4. The molecule has 0 spiro atoms. The van der Waals surface area contributed by atoms with Crippen LogP contribution in [-0.4, -0.2) is 28.1 Å². The monoisotopic (exact) mass is 470 g/mol. The first-order chi connectivity index (χ1) is 15.6. The zero-order valence-electron chi connectivity index (χ0n) is 22.5. The summed E-state index contributed by atoms with van der Waals surface area (Å²) >= 11 is 0. The number of aliphatic hydroxyl groups excluding tert-OH is 1. The Bertz CT molecular complexity index is 965. The summed E-state index contributed by atoms with van der Waals surface area (Å²) in [6, 6.07) is 0. The molecule has 5 aliphatic carbocycles. The van der Waals surface area contributed by atoms with Crippen molar-refractivity contribution in [3.05, 3.63) is 11.6 Å². The molecule has 2 N–H and O–H groups in total. The van der Waals surface area contributed by atoms with Gasteiger partial charge < -0.3 is 10.2 Å². The second-order valence-electron chi connectivity index (χ2n) is 14.9. The molecule has 9 atom stereocenters. The molecule has 4 saturated carbocycles. The maximum atomic E-state index is 14.2. The molecule has 190 valence electrons. The molecule has 5 rings (SSSR count). The van der Waals surface area contributed by atoms with Crippen molar-refractivity contribution in [3.63, 3.8) is 0 Å². The van der Waals surface area contributed by atoms with E-state index in [9.17, 15) is 19.8 Å². The van der Waals surface area contributed by atoms with Crippen molar-refractivity contribution in [1.82, 2.24) is 0 Å². The molecule has 5 aliphatic rings. The van der Waals surface area contributed by atoms with Crippen LogP contribution >= 0.6 is 0 Å². The van der Waals surface area contributed by atoms with E-state index in [4.69, 9.17) is 0 Å². The second kappa shape index (κ2) is 6.99. The van der Waals surface area contributed by atoms with Gasteiger partial charge in [0.25, 0.3) is 0 Å². The number of carboxylic acid groups (broad SMARTS) is 1. The Morgan fingerprint density at radius 3 is 2.21 bits per heavy atom. The molecule has 4 fully saturated rings. The van der Waals surface area contributed by atoms with Crippen LogP contribution in [0.15, 0.2) is 11.6 Å². The fourth-order valence-corrected chi connectivity index (χ4v) is 10.4. The molecule has 0 aliphatic heterocycles. The van der Waals surface area contributed by atoms with Gasteiger partial charge in [-0.25, -0.2) is 0 Å². The summed E-state index contributed by atoms with van der Waals surface area (Å²) in [6.07, 6.45) is 9.95. The number of ketones is 1. The molecule has 0 aromatic rings. The Hall–Kier alpha value is -1.16. The van der Waals surface area contributed by atoms with Crippen molar-refractivity contribution >= 4 is 11.8 Å². The molecule has 0 heterocycles. The van der Waals surface area contributed by atoms with Gasteiger partial charge in [0.2, 0.25) is 0 Å². The predicted octanol–water partition coefficient (Wildman–Crippen LogP) is 6.41. The third-order valence-electron chi connectivity index (χ3n) is 13.1. The van der Waals surface area contributed by atoms with E-state index in [1.165, 1.54) is 5.57 Å². The minimum atomic E-state index is -0.711. The van der Waals surface area contributed by atoms with Gasteiger partial charge in [-0.15, -0.1) is 0 Å². The van der Waals surface area contributed by atoms with E-state index in [0.717, 1.165) is 51.4 Å². The molecule has 0 amide bonds. The number of aliphatic carboxylic acids is 1. The molecule has 34 heavy (non-hydrogen) atoms. The van der Waals surface area contributed by atoms with Gasteiger partial charge in [-0.2, -0.15) is 0 Å². The van der Waals surface area contributed by atoms with Crippen LogP contribution in [-0.2, 0) is 9.59 Å². The molecule has 4 heteroatoms. The molecule has 0 aromatic heterocycles. The van der Waals surface area contributed by atoms with E-state index in [0.29, 0.717) is 12.3 Å². The quantitative estimate of drug-likeness (QED) is 0.464. The van der Waals surface area contributed by atoms with Crippen LogP contribution in [0.4, 0.5) is 0 Å². The van der Waals surface area contributed by atoms with Crippen molar-refractivity contribution in [3.8, 4) is 0 Å². The molecule has 0 bridgehead atoms. The number of rotatable bonds is 1. The fourth-order valence-electron chi connectivity index (χ4n) is 10.4. The Balaban J connectivity index is 1.62. The molecular weight excluding hydrogens is 424 g/mol. The largest absolute Gasteiger partial charge is 0.481 e. The Morgan fingerprint density at radius 1 is 0.912 bits per heavy atom. The number of aliphatic hydroxyl groups is 1. The minimum absolute atomic E-state index is 0.0296. The SMILES string of the molecule is CC1(C)C(O)CC[C@]2(C)[C@H]3C(=O)C=C4[C@@H]5C[C@](C)(C(=O)O)CC[C@]5(C)CC[C@@]4(C)[C@]3(C)CC[C@@H]12. The standard InChI is InChI=1S/C30H46O4/c1-25(2)21-8-11-30(7)23(28(21,5)10-9-22(25)32)20(31)16-18-19-17-27(4,24(33)34)13-12-26(19,3)14-15-29(18,30)6/h16,19,21-23,32H,8-15,17H2,1-7H3,(H,33,34)/t19-,21-,22?,23+,26+,27+,28-,29+,30+/m0/s1. The summed E-state index contributed by atoms with van der Waals surface area (Å²) in [7, 11) is 0. The first-order valence-electron chi connectivity index (χ1n) is 13.7.